The molecule has 3 nitrogen and oxygen atoms in total. The molecule has 1 unspecified atom stereocenters. The molecule has 3 heteroatoms. The second-order valence-electron chi connectivity index (χ2n) is 6.46. The highest BCUT2D eigenvalue weighted by molar-refractivity contribution is 4.92. The smallest absolute Gasteiger partial charge is 0.0659 e. The maximum atomic E-state index is 6.34. The molecule has 2 heterocycles. The minimum atomic E-state index is -0.0749. The van der Waals surface area contributed by atoms with Crippen LogP contribution in [0.1, 0.15) is 39.5 Å². The lowest BCUT2D eigenvalue weighted by Crippen LogP contribution is -2.51. The van der Waals surface area contributed by atoms with Crippen LogP contribution >= 0.6 is 0 Å². The maximum absolute atomic E-state index is 6.34. The Hall–Kier alpha value is -0.120. The van der Waals surface area contributed by atoms with E-state index >= 15 is 0 Å². The Morgan fingerprint density at radius 3 is 2.69 bits per heavy atom. The lowest BCUT2D eigenvalue weighted by molar-refractivity contribution is 0.152. The molecule has 0 aromatic carbocycles. The number of hydrogen-bond donors (Lipinski definition) is 1. The van der Waals surface area contributed by atoms with Gasteiger partial charge in [0.1, 0.15) is 0 Å². The molecular weight excluding hydrogens is 200 g/mol. The molecule has 0 bridgehead atoms. The van der Waals surface area contributed by atoms with Gasteiger partial charge in [-0.05, 0) is 44.2 Å². The fraction of sp³-hybridized carbons (Fsp3) is 1.00. The molecule has 0 saturated carbocycles. The van der Waals surface area contributed by atoms with E-state index in [0.717, 1.165) is 26.2 Å². The van der Waals surface area contributed by atoms with Crippen LogP contribution in [-0.4, -0.2) is 43.3 Å². The third-order valence-corrected chi connectivity index (χ3v) is 4.11. The van der Waals surface area contributed by atoms with E-state index in [9.17, 15) is 0 Å². The van der Waals surface area contributed by atoms with Gasteiger partial charge in [-0.3, -0.25) is 0 Å². The first-order valence-corrected chi connectivity index (χ1v) is 6.58. The minimum absolute atomic E-state index is 0.0749. The summed E-state index contributed by atoms with van der Waals surface area (Å²) in [6.45, 7) is 9.78. The van der Waals surface area contributed by atoms with E-state index in [0.29, 0.717) is 5.41 Å². The van der Waals surface area contributed by atoms with Crippen molar-refractivity contribution in [1.82, 2.24) is 4.90 Å². The van der Waals surface area contributed by atoms with Crippen molar-refractivity contribution >= 4 is 0 Å². The fourth-order valence-corrected chi connectivity index (χ4v) is 2.83. The summed E-state index contributed by atoms with van der Waals surface area (Å²) in [7, 11) is 0. The molecule has 2 saturated heterocycles. The summed E-state index contributed by atoms with van der Waals surface area (Å²) in [4.78, 5) is 2.55. The van der Waals surface area contributed by atoms with Gasteiger partial charge in [0, 0.05) is 13.2 Å². The fourth-order valence-electron chi connectivity index (χ4n) is 2.83. The molecule has 2 fully saturated rings. The third kappa shape index (κ3) is 3.19. The van der Waals surface area contributed by atoms with Crippen LogP contribution in [0.2, 0.25) is 0 Å². The first kappa shape index (κ1) is 12.3. The normalized spacial score (nSPS) is 36.2. The zero-order valence-electron chi connectivity index (χ0n) is 10.8. The lowest BCUT2D eigenvalue weighted by atomic mass is 9.85. The number of nitrogens with zero attached hydrogens (tertiary/aromatic N) is 1. The van der Waals surface area contributed by atoms with Crippen LogP contribution in [0.5, 0.6) is 0 Å². The Labute approximate surface area is 99.3 Å². The summed E-state index contributed by atoms with van der Waals surface area (Å²) in [6, 6.07) is 0. The standard InChI is InChI=1S/C13H26N2O/c1-12(2)4-3-7-15(8-5-12)10-13(14)6-9-16-11-13/h3-11,14H2,1-2H3. The summed E-state index contributed by atoms with van der Waals surface area (Å²) in [6.07, 6.45) is 4.97. The summed E-state index contributed by atoms with van der Waals surface area (Å²) in [5.41, 5.74) is 6.78. The second-order valence-corrected chi connectivity index (χ2v) is 6.46. The number of likely N-dealkylation sites (tertiary alicyclic amines) is 1. The van der Waals surface area contributed by atoms with E-state index in [1.165, 1.54) is 32.4 Å². The Bertz CT molecular complexity index is 234. The lowest BCUT2D eigenvalue weighted by Gasteiger charge is -2.30. The summed E-state index contributed by atoms with van der Waals surface area (Å²) < 4.78 is 5.42. The van der Waals surface area contributed by atoms with Crippen molar-refractivity contribution in [3.8, 4) is 0 Å². The van der Waals surface area contributed by atoms with Gasteiger partial charge in [0.15, 0.2) is 0 Å². The van der Waals surface area contributed by atoms with Crippen LogP contribution in [0, 0.1) is 5.41 Å². The molecule has 2 N–H and O–H groups in total. The molecule has 94 valence electrons. The van der Waals surface area contributed by atoms with Crippen LogP contribution in [-0.2, 0) is 4.74 Å². The van der Waals surface area contributed by atoms with Gasteiger partial charge in [-0.25, -0.2) is 0 Å². The van der Waals surface area contributed by atoms with Gasteiger partial charge in [0.2, 0.25) is 0 Å². The zero-order chi connectivity index (χ0) is 11.6. The molecule has 0 amide bonds. The molecule has 2 aliphatic heterocycles. The number of rotatable bonds is 2. The molecular formula is C13H26N2O. The quantitative estimate of drug-likeness (QED) is 0.777. The Kier molecular flexibility index (Phi) is 3.57. The van der Waals surface area contributed by atoms with Gasteiger partial charge < -0.3 is 15.4 Å². The molecule has 0 radical (unpaired) electrons. The number of ether oxygens (including phenoxy) is 1. The number of hydrogen-bond acceptors (Lipinski definition) is 3. The monoisotopic (exact) mass is 226 g/mol. The SMILES string of the molecule is CC1(C)CCCN(CC2(N)CCOC2)CC1. The van der Waals surface area contributed by atoms with Gasteiger partial charge in [0.05, 0.1) is 12.1 Å². The minimum Gasteiger partial charge on any atom is -0.379 e. The Morgan fingerprint density at radius 2 is 2.00 bits per heavy atom. The van der Waals surface area contributed by atoms with Crippen LogP contribution in [0.25, 0.3) is 0 Å². The highest BCUT2D eigenvalue weighted by Crippen LogP contribution is 2.30. The van der Waals surface area contributed by atoms with E-state index in [1.54, 1.807) is 0 Å². The van der Waals surface area contributed by atoms with Gasteiger partial charge in [-0.2, -0.15) is 0 Å². The predicted molar refractivity (Wildman–Crippen MR) is 66.4 cm³/mol. The molecule has 2 aliphatic rings. The van der Waals surface area contributed by atoms with Crippen molar-refractivity contribution in [2.45, 2.75) is 45.1 Å². The molecule has 0 aromatic heterocycles. The molecule has 0 spiro atoms. The van der Waals surface area contributed by atoms with Crippen molar-refractivity contribution in [3.05, 3.63) is 0 Å². The van der Waals surface area contributed by atoms with Crippen LogP contribution in [0.3, 0.4) is 0 Å². The van der Waals surface area contributed by atoms with E-state index in [4.69, 9.17) is 10.5 Å². The molecule has 0 aliphatic carbocycles. The third-order valence-electron chi connectivity index (χ3n) is 4.11. The molecule has 1 atom stereocenters. The average Bonchev–Trinajstić information content (AvgIpc) is 2.54. The zero-order valence-corrected chi connectivity index (χ0v) is 10.8. The highest BCUT2D eigenvalue weighted by atomic mass is 16.5. The molecule has 0 aromatic rings. The summed E-state index contributed by atoms with van der Waals surface area (Å²) >= 11 is 0. The predicted octanol–water partition coefficient (Wildman–Crippen LogP) is 1.62. The Morgan fingerprint density at radius 1 is 1.19 bits per heavy atom. The molecule has 2 rings (SSSR count). The van der Waals surface area contributed by atoms with Gasteiger partial charge in [-0.1, -0.05) is 13.8 Å². The van der Waals surface area contributed by atoms with E-state index in [-0.39, 0.29) is 5.54 Å². The second kappa shape index (κ2) is 4.63. The van der Waals surface area contributed by atoms with Gasteiger partial charge in [0.25, 0.3) is 0 Å². The summed E-state index contributed by atoms with van der Waals surface area (Å²) in [5.74, 6) is 0. The summed E-state index contributed by atoms with van der Waals surface area (Å²) in [5, 5.41) is 0. The van der Waals surface area contributed by atoms with E-state index < -0.39 is 0 Å². The molecule has 16 heavy (non-hydrogen) atoms. The van der Waals surface area contributed by atoms with Crippen LogP contribution in [0.4, 0.5) is 0 Å². The largest absolute Gasteiger partial charge is 0.379 e. The van der Waals surface area contributed by atoms with Gasteiger partial charge in [-0.15, -0.1) is 0 Å². The van der Waals surface area contributed by atoms with E-state index in [2.05, 4.69) is 18.7 Å². The van der Waals surface area contributed by atoms with Crippen molar-refractivity contribution in [3.63, 3.8) is 0 Å². The highest BCUT2D eigenvalue weighted by Gasteiger charge is 2.33. The number of nitrogens with two attached hydrogens (primary N) is 1. The van der Waals surface area contributed by atoms with Crippen molar-refractivity contribution in [1.29, 1.82) is 0 Å². The average molecular weight is 226 g/mol. The maximum Gasteiger partial charge on any atom is 0.0659 e. The van der Waals surface area contributed by atoms with Crippen molar-refractivity contribution < 1.29 is 4.74 Å². The first-order chi connectivity index (χ1) is 7.49. The first-order valence-electron chi connectivity index (χ1n) is 6.58. The van der Waals surface area contributed by atoms with Gasteiger partial charge >= 0.3 is 0 Å². The van der Waals surface area contributed by atoms with E-state index in [1.807, 2.05) is 0 Å². The topological polar surface area (TPSA) is 38.5 Å². The Balaban J connectivity index is 1.86. The van der Waals surface area contributed by atoms with Crippen LogP contribution < -0.4 is 5.73 Å². The van der Waals surface area contributed by atoms with Crippen LogP contribution in [0.15, 0.2) is 0 Å². The van der Waals surface area contributed by atoms with Crippen molar-refractivity contribution in [2.24, 2.45) is 11.1 Å². The van der Waals surface area contributed by atoms with Crippen molar-refractivity contribution in [2.75, 3.05) is 32.8 Å².